The van der Waals surface area contributed by atoms with Gasteiger partial charge in [-0.1, -0.05) is 104 Å². The Labute approximate surface area is 458 Å². The summed E-state index contributed by atoms with van der Waals surface area (Å²) in [6.07, 6.45) is 13.9. The van der Waals surface area contributed by atoms with Crippen LogP contribution in [0, 0.1) is 35.5 Å². The van der Waals surface area contributed by atoms with E-state index in [0.29, 0.717) is 56.9 Å². The summed E-state index contributed by atoms with van der Waals surface area (Å²) >= 11 is 3.58. The number of nitrogens with zero attached hydrogens (tertiary/aromatic N) is 4. The fourth-order valence-corrected chi connectivity index (χ4v) is 12.1. The molecule has 1 amide bonds. The van der Waals surface area contributed by atoms with Crippen LogP contribution < -0.4 is 0 Å². The van der Waals surface area contributed by atoms with Crippen LogP contribution in [0.25, 0.3) is 11.3 Å². The van der Waals surface area contributed by atoms with Crippen molar-refractivity contribution in [3.63, 3.8) is 0 Å². The first-order chi connectivity index (χ1) is 36.2. The second kappa shape index (κ2) is 27.9. The number of halogens is 1. The Kier molecular flexibility index (Phi) is 22.3. The normalized spacial score (nSPS) is 36.2. The van der Waals surface area contributed by atoms with Crippen LogP contribution in [-0.4, -0.2) is 136 Å². The zero-order valence-electron chi connectivity index (χ0n) is 46.3. The quantitative estimate of drug-likeness (QED) is 0.144. The molecule has 418 valence electrons. The predicted molar refractivity (Wildman–Crippen MR) is 291 cm³/mol. The number of methoxy groups -OCH3 is 3. The number of allylic oxidation sites excluding steroid dienone is 6. The smallest absolute Gasteiger partial charge is 0.329 e. The summed E-state index contributed by atoms with van der Waals surface area (Å²) < 4.78 is 33.1. The van der Waals surface area contributed by atoms with E-state index < -0.39 is 77.8 Å². The van der Waals surface area contributed by atoms with Gasteiger partial charge in [-0.05, 0) is 119 Å². The van der Waals surface area contributed by atoms with Gasteiger partial charge in [0.15, 0.2) is 5.78 Å². The van der Waals surface area contributed by atoms with Crippen molar-refractivity contribution in [1.82, 2.24) is 19.9 Å². The van der Waals surface area contributed by atoms with E-state index in [1.54, 1.807) is 47.3 Å². The molecule has 2 aromatic rings. The molecule has 15 atom stereocenters. The van der Waals surface area contributed by atoms with Crippen LogP contribution in [0.15, 0.2) is 82.5 Å². The zero-order valence-corrected chi connectivity index (χ0v) is 47.9. The van der Waals surface area contributed by atoms with Crippen LogP contribution >= 0.6 is 15.9 Å². The first kappa shape index (κ1) is 60.7. The standard InChI is InChI=1S/C59H83BrN4O12/c1-35-17-12-11-13-18-36(2)50(72-8)32-45-24-22-41(7)59(71,76-45)56(68)57(69)63-26-15-14-21-47(63)58(70)75-51(33-49(65)37(3)28-40(6)54(67)55(74-10)53(66)39(5)27-35)38(4)29-42-23-25-46(52(30-42)73-9)64-48(34-61-62-64)43-19-16-20-44(60)31-43/h11-13,16-20,28,31,34-35,37-39,41-42,45-47,50-52,54-55,67,71H,14-15,21-27,29-30,32-33H2,1-10H3/b13-11+,17-12+,36-18+,40-28+/t35-,37-,38-,39-,41-,42+,45+,46+,47+,50+,51+,52-,54-,55+,59-/m1/s1. The first-order valence-corrected chi connectivity index (χ1v) is 28.1. The number of hydrogen-bond acceptors (Lipinski definition) is 14. The first-order valence-electron chi connectivity index (χ1n) is 27.4. The highest BCUT2D eigenvalue weighted by molar-refractivity contribution is 9.10. The zero-order chi connectivity index (χ0) is 55.4. The second-order valence-corrected chi connectivity index (χ2v) is 23.1. The molecule has 17 heteroatoms. The van der Waals surface area contributed by atoms with Crippen LogP contribution in [0.1, 0.15) is 132 Å². The number of ether oxygens (including phenoxy) is 5. The van der Waals surface area contributed by atoms with Crippen LogP contribution in [0.4, 0.5) is 0 Å². The number of carbonyl (C=O) groups excluding carboxylic acids is 5. The molecule has 1 aliphatic carbocycles. The molecule has 6 rings (SSSR count). The minimum atomic E-state index is -2.44. The Morgan fingerprint density at radius 2 is 1.66 bits per heavy atom. The summed E-state index contributed by atoms with van der Waals surface area (Å²) in [5, 5.41) is 32.4. The Bertz CT molecular complexity index is 2450. The maximum atomic E-state index is 14.7. The lowest BCUT2D eigenvalue weighted by atomic mass is 9.77. The Balaban J connectivity index is 1.29. The number of aromatic nitrogens is 3. The molecule has 0 spiro atoms. The molecule has 0 radical (unpaired) electrons. The molecule has 1 aromatic heterocycles. The van der Waals surface area contributed by atoms with E-state index in [9.17, 15) is 34.2 Å². The van der Waals surface area contributed by atoms with Gasteiger partial charge in [0, 0.05) is 68.5 Å². The number of ketones is 3. The van der Waals surface area contributed by atoms with Gasteiger partial charge in [0.25, 0.3) is 11.7 Å². The molecular weight excluding hydrogens is 1040 g/mol. The third-order valence-electron chi connectivity index (χ3n) is 16.5. The molecule has 16 nitrogen and oxygen atoms in total. The molecule has 4 heterocycles. The number of hydrogen-bond donors (Lipinski definition) is 2. The van der Waals surface area contributed by atoms with Crippen molar-refractivity contribution in [3.05, 3.63) is 82.5 Å². The number of aliphatic hydroxyl groups is 2. The molecule has 1 saturated carbocycles. The van der Waals surface area contributed by atoms with Gasteiger partial charge in [0.05, 0.1) is 36.2 Å². The summed E-state index contributed by atoms with van der Waals surface area (Å²) in [7, 11) is 4.66. The third kappa shape index (κ3) is 15.0. The molecule has 76 heavy (non-hydrogen) atoms. The van der Waals surface area contributed by atoms with E-state index in [1.807, 2.05) is 87.0 Å². The summed E-state index contributed by atoms with van der Waals surface area (Å²) in [5.74, 6) is -8.03. The van der Waals surface area contributed by atoms with Gasteiger partial charge >= 0.3 is 5.97 Å². The van der Waals surface area contributed by atoms with E-state index in [1.165, 1.54) is 12.0 Å². The maximum Gasteiger partial charge on any atom is 0.329 e. The fraction of sp³-hybridized carbons (Fsp3) is 0.644. The molecule has 0 unspecified atom stereocenters. The van der Waals surface area contributed by atoms with Gasteiger partial charge in [-0.2, -0.15) is 0 Å². The van der Waals surface area contributed by atoms with E-state index >= 15 is 0 Å². The number of cyclic esters (lactones) is 1. The molecule has 4 aliphatic rings. The SMILES string of the molecule is CO[C@H]1C[C@@H]2CC[C@@H](C)[C@@](O)(O2)C(=O)C(=O)N2CCCC[C@H]2C(=O)O[C@H]([C@H](C)C[C@@H]2CC[C@H](n3nncc3-c3cccc(Br)c3)[C@H](OC)C2)CC(=O)[C@H](C)/C=C(\C)[C@@H](O)[C@@H](OC)C(=O)[C@H](C)C[C@H](C)/C=C/C=C/C=C/1C. The minimum absolute atomic E-state index is 0.0111. The maximum absolute atomic E-state index is 14.7. The van der Waals surface area contributed by atoms with Crippen molar-refractivity contribution in [1.29, 1.82) is 0 Å². The molecule has 3 aliphatic heterocycles. The number of fused-ring (bicyclic) bond motifs is 3. The lowest BCUT2D eigenvalue weighted by molar-refractivity contribution is -0.265. The number of amides is 1. The van der Waals surface area contributed by atoms with Crippen LogP contribution in [0.3, 0.4) is 0 Å². The number of piperidine rings is 1. The molecule has 1 aromatic carbocycles. The number of carbonyl (C=O) groups is 5. The van der Waals surface area contributed by atoms with Crippen molar-refractivity contribution in [2.45, 2.75) is 180 Å². The van der Waals surface area contributed by atoms with E-state index in [-0.39, 0.29) is 60.9 Å². The number of benzene rings is 1. The Morgan fingerprint density at radius 1 is 0.895 bits per heavy atom. The third-order valence-corrected chi connectivity index (χ3v) is 17.0. The van der Waals surface area contributed by atoms with Crippen molar-refractivity contribution in [2.24, 2.45) is 35.5 Å². The summed E-state index contributed by atoms with van der Waals surface area (Å²) in [5.41, 5.74) is 3.11. The van der Waals surface area contributed by atoms with Gasteiger partial charge in [-0.25, -0.2) is 9.48 Å². The second-order valence-electron chi connectivity index (χ2n) is 22.2. The number of esters is 1. The van der Waals surface area contributed by atoms with Crippen molar-refractivity contribution in [2.75, 3.05) is 27.9 Å². The highest BCUT2D eigenvalue weighted by Gasteiger charge is 2.53. The average molecular weight is 1120 g/mol. The van der Waals surface area contributed by atoms with E-state index in [2.05, 4.69) is 26.2 Å². The Hall–Kier alpha value is -4.49. The average Bonchev–Trinajstić information content (AvgIpc) is 3.90. The molecule has 2 N–H and O–H groups in total. The van der Waals surface area contributed by atoms with Crippen LogP contribution in [0.2, 0.25) is 0 Å². The predicted octanol–water partition coefficient (Wildman–Crippen LogP) is 9.08. The summed E-state index contributed by atoms with van der Waals surface area (Å²) in [4.78, 5) is 73.0. The van der Waals surface area contributed by atoms with Gasteiger partial charge in [0.2, 0.25) is 5.79 Å². The van der Waals surface area contributed by atoms with E-state index in [0.717, 1.165) is 34.1 Å². The van der Waals surface area contributed by atoms with Crippen LogP contribution in [-0.2, 0) is 47.7 Å². The van der Waals surface area contributed by atoms with Gasteiger partial charge in [0.1, 0.15) is 30.1 Å². The topological polar surface area (TPSA) is 206 Å². The van der Waals surface area contributed by atoms with Crippen molar-refractivity contribution >= 4 is 45.2 Å². The lowest BCUT2D eigenvalue weighted by Crippen LogP contribution is -2.61. The molecule has 2 saturated heterocycles. The fourth-order valence-electron chi connectivity index (χ4n) is 11.7. The van der Waals surface area contributed by atoms with Crippen molar-refractivity contribution < 1.29 is 57.9 Å². The highest BCUT2D eigenvalue weighted by Crippen LogP contribution is 2.41. The highest BCUT2D eigenvalue weighted by atomic mass is 79.9. The monoisotopic (exact) mass is 1120 g/mol. The minimum Gasteiger partial charge on any atom is -0.460 e. The van der Waals surface area contributed by atoms with Crippen molar-refractivity contribution in [3.8, 4) is 11.3 Å². The van der Waals surface area contributed by atoms with E-state index in [4.69, 9.17) is 23.7 Å². The van der Waals surface area contributed by atoms with Crippen LogP contribution in [0.5, 0.6) is 0 Å². The number of rotatable bonds is 8. The molecule has 2 bridgehead atoms. The summed E-state index contributed by atoms with van der Waals surface area (Å²) in [6, 6.07) is 6.72. The Morgan fingerprint density at radius 3 is 2.37 bits per heavy atom. The number of Topliss-reactive ketones (excluding diaryl/α,β-unsaturated/α-hetero) is 3. The lowest BCUT2D eigenvalue weighted by Gasteiger charge is -2.42. The number of aliphatic hydroxyl groups excluding tert-OH is 1. The largest absolute Gasteiger partial charge is 0.460 e. The van der Waals surface area contributed by atoms with Gasteiger partial charge in [-0.15, -0.1) is 5.10 Å². The molecular formula is C59H83BrN4O12. The summed E-state index contributed by atoms with van der Waals surface area (Å²) in [6.45, 7) is 12.8. The van der Waals surface area contributed by atoms with Gasteiger partial charge < -0.3 is 38.8 Å². The molecule has 3 fully saturated rings. The van der Waals surface area contributed by atoms with Gasteiger partial charge in [-0.3, -0.25) is 19.2 Å².